The van der Waals surface area contributed by atoms with Gasteiger partial charge in [-0.05, 0) is 25.0 Å². The Balaban J connectivity index is 1.92. The van der Waals surface area contributed by atoms with Gasteiger partial charge in [-0.25, -0.2) is 9.67 Å². The Kier molecular flexibility index (Phi) is 4.77. The quantitative estimate of drug-likeness (QED) is 0.861. The van der Waals surface area contributed by atoms with Gasteiger partial charge in [0.05, 0.1) is 11.4 Å². The zero-order valence-corrected chi connectivity index (χ0v) is 13.3. The molecular weight excluding hydrogens is 296 g/mol. The summed E-state index contributed by atoms with van der Waals surface area (Å²) in [4.78, 5) is 15.7. The number of para-hydroxylation sites is 1. The van der Waals surface area contributed by atoms with E-state index in [1.165, 1.54) is 31.0 Å². The number of amides is 1. The van der Waals surface area contributed by atoms with Gasteiger partial charge < -0.3 is 5.73 Å². The van der Waals surface area contributed by atoms with E-state index < -0.39 is 0 Å². The molecule has 0 bridgehead atoms. The molecule has 1 aliphatic rings. The number of thioether (sulfide) groups is 1. The number of carbonyl (C=O) groups excluding carboxylic acids is 1. The molecule has 0 spiro atoms. The summed E-state index contributed by atoms with van der Waals surface area (Å²) in [5.41, 5.74) is 6.23. The number of hydrogen-bond acceptors (Lipinski definition) is 4. The second kappa shape index (κ2) is 6.96. The van der Waals surface area contributed by atoms with Crippen molar-refractivity contribution in [3.63, 3.8) is 0 Å². The summed E-state index contributed by atoms with van der Waals surface area (Å²) < 4.78 is 1.93. The SMILES string of the molecule is NC(=O)CSc1nc(C2CCCCC2)n(-c2ccccc2)n1. The van der Waals surface area contributed by atoms with Crippen molar-refractivity contribution in [3.8, 4) is 5.69 Å². The van der Waals surface area contributed by atoms with E-state index in [2.05, 4.69) is 10.1 Å². The molecule has 1 aromatic carbocycles. The third kappa shape index (κ3) is 3.50. The Bertz CT molecular complexity index is 635. The second-order valence-electron chi connectivity index (χ2n) is 5.59. The molecule has 1 saturated carbocycles. The highest BCUT2D eigenvalue weighted by Crippen LogP contribution is 2.33. The first-order valence-corrected chi connectivity index (χ1v) is 8.66. The fourth-order valence-electron chi connectivity index (χ4n) is 2.89. The molecule has 0 unspecified atom stereocenters. The van der Waals surface area contributed by atoms with Crippen LogP contribution in [0.15, 0.2) is 35.5 Å². The van der Waals surface area contributed by atoms with Crippen LogP contribution in [0.5, 0.6) is 0 Å². The van der Waals surface area contributed by atoms with E-state index >= 15 is 0 Å². The molecule has 6 heteroatoms. The summed E-state index contributed by atoms with van der Waals surface area (Å²) in [5, 5.41) is 5.22. The van der Waals surface area contributed by atoms with Crippen molar-refractivity contribution in [1.82, 2.24) is 14.8 Å². The van der Waals surface area contributed by atoms with E-state index in [1.807, 2.05) is 35.0 Å². The average Bonchev–Trinajstić information content (AvgIpc) is 2.99. The van der Waals surface area contributed by atoms with Crippen molar-refractivity contribution in [2.24, 2.45) is 5.73 Å². The van der Waals surface area contributed by atoms with Crippen LogP contribution in [-0.2, 0) is 4.79 Å². The van der Waals surface area contributed by atoms with E-state index in [4.69, 9.17) is 5.73 Å². The Morgan fingerprint density at radius 1 is 1.23 bits per heavy atom. The van der Waals surface area contributed by atoms with Gasteiger partial charge in [-0.3, -0.25) is 4.79 Å². The van der Waals surface area contributed by atoms with Crippen LogP contribution in [0.1, 0.15) is 43.8 Å². The molecule has 0 aliphatic heterocycles. The minimum atomic E-state index is -0.347. The van der Waals surface area contributed by atoms with E-state index in [9.17, 15) is 4.79 Å². The normalized spacial score (nSPS) is 15.8. The molecule has 5 nitrogen and oxygen atoms in total. The highest BCUT2D eigenvalue weighted by molar-refractivity contribution is 7.99. The standard InChI is InChI=1S/C16H20N4OS/c17-14(21)11-22-16-18-15(12-7-3-1-4-8-12)20(19-16)13-9-5-2-6-10-13/h2,5-6,9-10,12H,1,3-4,7-8,11H2,(H2,17,21). The molecular formula is C16H20N4OS. The molecule has 3 rings (SSSR count). The zero-order chi connectivity index (χ0) is 15.4. The first kappa shape index (κ1) is 15.1. The molecule has 22 heavy (non-hydrogen) atoms. The third-order valence-corrected chi connectivity index (χ3v) is 4.79. The first-order valence-electron chi connectivity index (χ1n) is 7.67. The van der Waals surface area contributed by atoms with Crippen LogP contribution < -0.4 is 5.73 Å². The topological polar surface area (TPSA) is 73.8 Å². The average molecular weight is 316 g/mol. The van der Waals surface area contributed by atoms with Gasteiger partial charge in [0, 0.05) is 5.92 Å². The maximum atomic E-state index is 11.0. The molecule has 116 valence electrons. The van der Waals surface area contributed by atoms with E-state index in [0.29, 0.717) is 11.1 Å². The predicted molar refractivity (Wildman–Crippen MR) is 87.1 cm³/mol. The van der Waals surface area contributed by atoms with E-state index in [1.54, 1.807) is 0 Å². The number of carbonyl (C=O) groups is 1. The number of rotatable bonds is 5. The van der Waals surface area contributed by atoms with Gasteiger partial charge in [0.15, 0.2) is 0 Å². The van der Waals surface area contributed by atoms with Crippen molar-refractivity contribution < 1.29 is 4.79 Å². The number of primary amides is 1. The number of nitrogens with two attached hydrogens (primary N) is 1. The van der Waals surface area contributed by atoms with Gasteiger partial charge in [-0.15, -0.1) is 5.10 Å². The van der Waals surface area contributed by atoms with E-state index in [-0.39, 0.29) is 11.7 Å². The largest absolute Gasteiger partial charge is 0.369 e. The lowest BCUT2D eigenvalue weighted by Crippen LogP contribution is -2.13. The van der Waals surface area contributed by atoms with Crippen LogP contribution in [-0.4, -0.2) is 26.4 Å². The third-order valence-electron chi connectivity index (χ3n) is 3.93. The lowest BCUT2D eigenvalue weighted by atomic mass is 9.88. The Labute approximate surface area is 134 Å². The Hall–Kier alpha value is -1.82. The van der Waals surface area contributed by atoms with Gasteiger partial charge in [0.2, 0.25) is 11.1 Å². The lowest BCUT2D eigenvalue weighted by Gasteiger charge is -2.21. The molecule has 1 heterocycles. The Morgan fingerprint density at radius 2 is 1.95 bits per heavy atom. The fourth-order valence-corrected chi connectivity index (χ4v) is 3.45. The van der Waals surface area contributed by atoms with Crippen molar-refractivity contribution in [2.45, 2.75) is 43.2 Å². The lowest BCUT2D eigenvalue weighted by molar-refractivity contribution is -0.115. The van der Waals surface area contributed by atoms with Gasteiger partial charge in [-0.2, -0.15) is 0 Å². The molecule has 0 saturated heterocycles. The summed E-state index contributed by atoms with van der Waals surface area (Å²) in [5.74, 6) is 1.32. The van der Waals surface area contributed by atoms with Crippen molar-refractivity contribution in [2.75, 3.05) is 5.75 Å². The van der Waals surface area contributed by atoms with Crippen molar-refractivity contribution >= 4 is 17.7 Å². The highest BCUT2D eigenvalue weighted by atomic mass is 32.2. The van der Waals surface area contributed by atoms with Crippen LogP contribution in [0.25, 0.3) is 5.69 Å². The van der Waals surface area contributed by atoms with Gasteiger partial charge in [0.1, 0.15) is 5.82 Å². The molecule has 1 amide bonds. The minimum absolute atomic E-state index is 0.211. The number of nitrogens with zero attached hydrogens (tertiary/aromatic N) is 3. The number of benzene rings is 1. The smallest absolute Gasteiger partial charge is 0.227 e. The molecule has 1 aromatic heterocycles. The fraction of sp³-hybridized carbons (Fsp3) is 0.438. The monoisotopic (exact) mass is 316 g/mol. The summed E-state index contributed by atoms with van der Waals surface area (Å²) in [6, 6.07) is 10.0. The molecule has 2 aromatic rings. The van der Waals surface area contributed by atoms with Crippen molar-refractivity contribution in [3.05, 3.63) is 36.2 Å². The molecule has 0 radical (unpaired) electrons. The minimum Gasteiger partial charge on any atom is -0.369 e. The highest BCUT2D eigenvalue weighted by Gasteiger charge is 2.23. The summed E-state index contributed by atoms with van der Waals surface area (Å²) in [6.45, 7) is 0. The van der Waals surface area contributed by atoms with Crippen LogP contribution in [0, 0.1) is 0 Å². The van der Waals surface area contributed by atoms with Crippen molar-refractivity contribution in [1.29, 1.82) is 0 Å². The molecule has 2 N–H and O–H groups in total. The summed E-state index contributed by atoms with van der Waals surface area (Å²) in [7, 11) is 0. The second-order valence-corrected chi connectivity index (χ2v) is 6.53. The van der Waals surface area contributed by atoms with Crippen LogP contribution in [0.4, 0.5) is 0 Å². The number of hydrogen-bond donors (Lipinski definition) is 1. The van der Waals surface area contributed by atoms with E-state index in [0.717, 1.165) is 24.4 Å². The predicted octanol–water partition coefficient (Wildman–Crippen LogP) is 2.89. The van der Waals surface area contributed by atoms with Crippen LogP contribution in [0.3, 0.4) is 0 Å². The summed E-state index contributed by atoms with van der Waals surface area (Å²) >= 11 is 1.30. The van der Waals surface area contributed by atoms with Gasteiger partial charge in [0.25, 0.3) is 0 Å². The molecule has 0 atom stereocenters. The first-order chi connectivity index (χ1) is 10.7. The van der Waals surface area contributed by atoms with Gasteiger partial charge >= 0.3 is 0 Å². The maximum absolute atomic E-state index is 11.0. The number of aromatic nitrogens is 3. The Morgan fingerprint density at radius 3 is 2.64 bits per heavy atom. The maximum Gasteiger partial charge on any atom is 0.227 e. The molecule has 1 aliphatic carbocycles. The zero-order valence-electron chi connectivity index (χ0n) is 12.4. The molecule has 1 fully saturated rings. The summed E-state index contributed by atoms with van der Waals surface area (Å²) in [6.07, 6.45) is 6.11. The van der Waals surface area contributed by atoms with Crippen LogP contribution in [0.2, 0.25) is 0 Å². The van der Waals surface area contributed by atoms with Gasteiger partial charge in [-0.1, -0.05) is 49.2 Å². The van der Waals surface area contributed by atoms with Crippen LogP contribution >= 0.6 is 11.8 Å².